The number of aliphatic carboxylic acids is 1. The van der Waals surface area contributed by atoms with E-state index >= 15 is 0 Å². The van der Waals surface area contributed by atoms with Crippen LogP contribution in [-0.4, -0.2) is 11.1 Å². The summed E-state index contributed by atoms with van der Waals surface area (Å²) in [6.07, 6.45) is 0. The van der Waals surface area contributed by atoms with E-state index in [1.165, 1.54) is 0 Å². The van der Waals surface area contributed by atoms with Crippen molar-refractivity contribution in [2.24, 2.45) is 0 Å². The van der Waals surface area contributed by atoms with E-state index in [1.807, 2.05) is 6.07 Å². The van der Waals surface area contributed by atoms with E-state index in [-0.39, 0.29) is 0 Å². The number of rotatable bonds is 4. The summed E-state index contributed by atoms with van der Waals surface area (Å²) in [4.78, 5) is 12.0. The van der Waals surface area contributed by atoms with Crippen molar-refractivity contribution in [1.82, 2.24) is 0 Å². The monoisotopic (exact) mass is 312 g/mol. The molecule has 1 N–H and O–H groups in total. The average molecular weight is 313 g/mol. The lowest BCUT2D eigenvalue weighted by Gasteiger charge is -2.14. The molecule has 0 amide bonds. The van der Waals surface area contributed by atoms with Crippen molar-refractivity contribution in [3.8, 4) is 0 Å². The van der Waals surface area contributed by atoms with Crippen molar-refractivity contribution in [3.63, 3.8) is 0 Å². The third kappa shape index (κ3) is 3.44. The van der Waals surface area contributed by atoms with E-state index in [4.69, 9.17) is 23.2 Å². The predicted molar refractivity (Wildman–Crippen MR) is 79.1 cm³/mol. The van der Waals surface area contributed by atoms with Crippen LogP contribution in [0.15, 0.2) is 53.4 Å². The quantitative estimate of drug-likeness (QED) is 0.815. The van der Waals surface area contributed by atoms with Crippen LogP contribution in [0.1, 0.15) is 10.8 Å². The van der Waals surface area contributed by atoms with Crippen LogP contribution in [0, 0.1) is 0 Å². The van der Waals surface area contributed by atoms with Gasteiger partial charge in [0.25, 0.3) is 0 Å². The Morgan fingerprint density at radius 3 is 2.11 bits per heavy atom. The van der Waals surface area contributed by atoms with Crippen molar-refractivity contribution >= 4 is 40.9 Å². The molecule has 0 aliphatic carbocycles. The molecular formula is C14H10Cl2O2S. The summed E-state index contributed by atoms with van der Waals surface area (Å²) in [5, 5.41) is 9.54. The third-order valence-corrected chi connectivity index (χ3v) is 4.72. The highest BCUT2D eigenvalue weighted by molar-refractivity contribution is 8.00. The molecule has 19 heavy (non-hydrogen) atoms. The molecule has 0 bridgehead atoms. The zero-order valence-corrected chi connectivity index (χ0v) is 12.0. The highest BCUT2D eigenvalue weighted by Gasteiger charge is 2.23. The summed E-state index contributed by atoms with van der Waals surface area (Å²) in [6.45, 7) is 0. The van der Waals surface area contributed by atoms with E-state index in [2.05, 4.69) is 0 Å². The van der Waals surface area contributed by atoms with Gasteiger partial charge in [-0.05, 0) is 17.7 Å². The van der Waals surface area contributed by atoms with Gasteiger partial charge < -0.3 is 5.11 Å². The summed E-state index contributed by atoms with van der Waals surface area (Å²) in [5.41, 5.74) is 0.705. The molecule has 0 aliphatic heterocycles. The fourth-order valence-corrected chi connectivity index (χ4v) is 3.26. The second-order valence-electron chi connectivity index (χ2n) is 3.80. The number of carboxylic acid groups (broad SMARTS) is 1. The molecule has 98 valence electrons. The normalized spacial score (nSPS) is 12.1. The lowest BCUT2D eigenvalue weighted by Crippen LogP contribution is -2.07. The van der Waals surface area contributed by atoms with Crippen molar-refractivity contribution in [2.75, 3.05) is 0 Å². The Morgan fingerprint density at radius 2 is 1.58 bits per heavy atom. The highest BCUT2D eigenvalue weighted by atomic mass is 35.5. The summed E-state index contributed by atoms with van der Waals surface area (Å²) in [5.74, 6) is -0.924. The molecule has 2 nitrogen and oxygen atoms in total. The molecule has 0 radical (unpaired) electrons. The van der Waals surface area contributed by atoms with Crippen LogP contribution in [0.3, 0.4) is 0 Å². The summed E-state index contributed by atoms with van der Waals surface area (Å²) in [6, 6.07) is 14.1. The van der Waals surface area contributed by atoms with E-state index in [9.17, 15) is 9.90 Å². The van der Waals surface area contributed by atoms with Gasteiger partial charge in [-0.1, -0.05) is 59.6 Å². The maximum Gasteiger partial charge on any atom is 0.321 e. The third-order valence-electron chi connectivity index (χ3n) is 2.48. The molecule has 0 aromatic heterocycles. The van der Waals surface area contributed by atoms with Gasteiger partial charge in [0.15, 0.2) is 0 Å². The highest BCUT2D eigenvalue weighted by Crippen LogP contribution is 2.42. The number of thioether (sulfide) groups is 1. The molecule has 2 aromatic carbocycles. The number of hydrogen-bond acceptors (Lipinski definition) is 2. The molecule has 0 saturated heterocycles. The SMILES string of the molecule is O=C(O)C(Sc1c(Cl)cccc1Cl)c1ccccc1. The Labute approximate surface area is 125 Å². The maximum absolute atomic E-state index is 11.4. The number of carboxylic acids is 1. The predicted octanol–water partition coefficient (Wildman–Crippen LogP) is 4.91. The van der Waals surface area contributed by atoms with Crippen LogP contribution < -0.4 is 0 Å². The van der Waals surface area contributed by atoms with Gasteiger partial charge in [-0.3, -0.25) is 4.79 Å². The molecule has 2 aromatic rings. The largest absolute Gasteiger partial charge is 0.480 e. The minimum Gasteiger partial charge on any atom is -0.480 e. The van der Waals surface area contributed by atoms with Crippen LogP contribution >= 0.6 is 35.0 Å². The first kappa shape index (κ1) is 14.3. The molecule has 5 heteroatoms. The lowest BCUT2D eigenvalue weighted by molar-refractivity contribution is -0.136. The van der Waals surface area contributed by atoms with Gasteiger partial charge in [0.05, 0.1) is 10.0 Å². The number of carbonyl (C=O) groups is 1. The van der Waals surface area contributed by atoms with Gasteiger partial charge in [0.1, 0.15) is 5.25 Å². The van der Waals surface area contributed by atoms with E-state index < -0.39 is 11.2 Å². The molecule has 0 aliphatic rings. The number of benzene rings is 2. The van der Waals surface area contributed by atoms with Gasteiger partial charge in [-0.25, -0.2) is 0 Å². The fourth-order valence-electron chi connectivity index (χ4n) is 1.60. The van der Waals surface area contributed by atoms with Crippen molar-refractivity contribution in [1.29, 1.82) is 0 Å². The Bertz CT molecular complexity index is 567. The first-order chi connectivity index (χ1) is 9.09. The zero-order chi connectivity index (χ0) is 13.8. The van der Waals surface area contributed by atoms with Crippen LogP contribution in [0.25, 0.3) is 0 Å². The molecule has 0 heterocycles. The molecule has 0 saturated carbocycles. The van der Waals surface area contributed by atoms with Gasteiger partial charge in [-0.15, -0.1) is 11.8 Å². The fraction of sp³-hybridized carbons (Fsp3) is 0.0714. The molecule has 0 spiro atoms. The van der Waals surface area contributed by atoms with Gasteiger partial charge in [0, 0.05) is 4.90 Å². The molecule has 2 rings (SSSR count). The Balaban J connectivity index is 2.35. The van der Waals surface area contributed by atoms with Crippen LogP contribution in [0.2, 0.25) is 10.0 Å². The minimum absolute atomic E-state index is 0.458. The molecule has 1 atom stereocenters. The first-order valence-corrected chi connectivity index (χ1v) is 7.11. The van der Waals surface area contributed by atoms with Gasteiger partial charge in [0.2, 0.25) is 0 Å². The van der Waals surface area contributed by atoms with E-state index in [1.54, 1.807) is 42.5 Å². The topological polar surface area (TPSA) is 37.3 Å². The van der Waals surface area contributed by atoms with Crippen LogP contribution in [0.4, 0.5) is 0 Å². The molecule has 0 fully saturated rings. The Hall–Kier alpha value is -1.16. The van der Waals surface area contributed by atoms with E-state index in [0.717, 1.165) is 11.8 Å². The van der Waals surface area contributed by atoms with Gasteiger partial charge in [-0.2, -0.15) is 0 Å². The summed E-state index contributed by atoms with van der Waals surface area (Å²) in [7, 11) is 0. The Morgan fingerprint density at radius 1 is 1.00 bits per heavy atom. The maximum atomic E-state index is 11.4. The van der Waals surface area contributed by atoms with Crippen molar-refractivity contribution < 1.29 is 9.90 Å². The van der Waals surface area contributed by atoms with Crippen molar-refractivity contribution in [2.45, 2.75) is 10.1 Å². The number of halogens is 2. The van der Waals surface area contributed by atoms with Crippen LogP contribution in [-0.2, 0) is 4.79 Å². The second-order valence-corrected chi connectivity index (χ2v) is 5.73. The average Bonchev–Trinajstić information content (AvgIpc) is 2.39. The second kappa shape index (κ2) is 6.33. The zero-order valence-electron chi connectivity index (χ0n) is 9.72. The van der Waals surface area contributed by atoms with Crippen LogP contribution in [0.5, 0.6) is 0 Å². The van der Waals surface area contributed by atoms with Gasteiger partial charge >= 0.3 is 5.97 Å². The van der Waals surface area contributed by atoms with E-state index in [0.29, 0.717) is 20.5 Å². The lowest BCUT2D eigenvalue weighted by atomic mass is 10.1. The first-order valence-electron chi connectivity index (χ1n) is 5.48. The molecular weight excluding hydrogens is 303 g/mol. The Kier molecular flexibility index (Phi) is 4.75. The molecule has 1 unspecified atom stereocenters. The minimum atomic E-state index is -0.924. The smallest absolute Gasteiger partial charge is 0.321 e. The summed E-state index contributed by atoms with van der Waals surface area (Å²) >= 11 is 13.3. The van der Waals surface area contributed by atoms with Crippen molar-refractivity contribution in [3.05, 3.63) is 64.1 Å². The summed E-state index contributed by atoms with van der Waals surface area (Å²) < 4.78 is 0. The number of hydrogen-bond donors (Lipinski definition) is 1. The standard InChI is InChI=1S/C14H10Cl2O2S/c15-10-7-4-8-11(16)13(10)19-12(14(17)18)9-5-2-1-3-6-9/h1-8,12H,(H,17,18).